The van der Waals surface area contributed by atoms with Gasteiger partial charge in [0.2, 0.25) is 0 Å². The van der Waals surface area contributed by atoms with Gasteiger partial charge in [0.25, 0.3) is 0 Å². The van der Waals surface area contributed by atoms with Crippen LogP contribution >= 0.6 is 0 Å². The first-order valence-corrected chi connectivity index (χ1v) is 10.9. The number of ketones is 1. The van der Waals surface area contributed by atoms with Crippen molar-refractivity contribution in [3.8, 4) is 0 Å². The van der Waals surface area contributed by atoms with E-state index < -0.39 is 12.1 Å². The number of hydrogen-bond donors (Lipinski definition) is 2. The van der Waals surface area contributed by atoms with E-state index in [0.29, 0.717) is 12.0 Å². The molecular weight excluding hydrogens is 362 g/mol. The van der Waals surface area contributed by atoms with E-state index in [-0.39, 0.29) is 5.78 Å². The van der Waals surface area contributed by atoms with Crippen molar-refractivity contribution >= 4 is 11.5 Å². The van der Waals surface area contributed by atoms with E-state index in [4.69, 9.17) is 0 Å². The summed E-state index contributed by atoms with van der Waals surface area (Å²) in [5, 5.41) is 13.8. The van der Waals surface area contributed by atoms with Crippen LogP contribution in [0.25, 0.3) is 5.70 Å². The average Bonchev–Trinajstić information content (AvgIpc) is 3.09. The van der Waals surface area contributed by atoms with Gasteiger partial charge >= 0.3 is 0 Å². The summed E-state index contributed by atoms with van der Waals surface area (Å²) in [5.74, 6) is 0.625. The molecule has 2 atom stereocenters. The summed E-state index contributed by atoms with van der Waals surface area (Å²) < 4.78 is 2.15. The van der Waals surface area contributed by atoms with Crippen molar-refractivity contribution in [1.82, 2.24) is 14.9 Å². The van der Waals surface area contributed by atoms with Crippen LogP contribution in [0.2, 0.25) is 0 Å². The van der Waals surface area contributed by atoms with Gasteiger partial charge in [-0.2, -0.15) is 0 Å². The first-order chi connectivity index (χ1) is 14.1. The number of aromatic nitrogens is 2. The van der Waals surface area contributed by atoms with Crippen LogP contribution in [0.5, 0.6) is 0 Å². The van der Waals surface area contributed by atoms with Gasteiger partial charge in [0.1, 0.15) is 6.10 Å². The smallest absolute Gasteiger partial charge is 0.192 e. The van der Waals surface area contributed by atoms with Crippen molar-refractivity contribution in [3.05, 3.63) is 58.7 Å². The van der Waals surface area contributed by atoms with Crippen LogP contribution in [-0.4, -0.2) is 26.5 Å². The number of nitrogens with zero attached hydrogens (tertiary/aromatic N) is 2. The summed E-state index contributed by atoms with van der Waals surface area (Å²) in [6.45, 7) is 16.8. The highest BCUT2D eigenvalue weighted by Crippen LogP contribution is 2.35. The van der Waals surface area contributed by atoms with E-state index in [1.807, 2.05) is 85.7 Å². The van der Waals surface area contributed by atoms with E-state index in [1.54, 1.807) is 0 Å². The Hall–Kier alpha value is -2.40. The van der Waals surface area contributed by atoms with Crippen molar-refractivity contribution in [2.24, 2.45) is 0 Å². The van der Waals surface area contributed by atoms with Crippen LogP contribution in [0.3, 0.4) is 0 Å². The number of aryl methyl sites for hydroxylation is 1. The molecule has 0 spiro atoms. The Bertz CT molecular complexity index is 822. The van der Waals surface area contributed by atoms with Gasteiger partial charge in [-0.05, 0) is 25.8 Å². The Morgan fingerprint density at radius 2 is 1.62 bits per heavy atom. The summed E-state index contributed by atoms with van der Waals surface area (Å²) in [6, 6.07) is 9.15. The third-order valence-corrected chi connectivity index (χ3v) is 4.91. The minimum absolute atomic E-state index is 0.183. The highest BCUT2D eigenvalue weighted by Gasteiger charge is 2.39. The van der Waals surface area contributed by atoms with Gasteiger partial charge < -0.3 is 15.0 Å². The molecule has 0 saturated heterocycles. The second-order valence-corrected chi connectivity index (χ2v) is 6.20. The topological polar surface area (TPSA) is 67.2 Å². The normalized spacial score (nSPS) is 19.1. The molecule has 0 radical (unpaired) electrons. The number of Topliss-reactive ketones (excluding diaryl/α,β-unsaturated/α-hetero) is 1. The molecule has 2 aliphatic heterocycles. The fourth-order valence-corrected chi connectivity index (χ4v) is 3.49. The molecule has 0 aliphatic carbocycles. The van der Waals surface area contributed by atoms with Crippen molar-refractivity contribution in [2.75, 3.05) is 0 Å². The molecule has 2 aliphatic rings. The highest BCUT2D eigenvalue weighted by molar-refractivity contribution is 6.06. The molecule has 5 nitrogen and oxygen atoms in total. The minimum Gasteiger partial charge on any atom is -0.382 e. The molecule has 2 aromatic rings. The number of carbonyl (C=O) groups excluding carboxylic acids is 1. The Morgan fingerprint density at radius 1 is 1.03 bits per heavy atom. The fourth-order valence-electron chi connectivity index (χ4n) is 3.49. The van der Waals surface area contributed by atoms with Crippen LogP contribution in [0, 0.1) is 13.8 Å². The Morgan fingerprint density at radius 3 is 2.21 bits per heavy atom. The fraction of sp³-hybridized carbons (Fsp3) is 0.500. The maximum absolute atomic E-state index is 12.7. The van der Waals surface area contributed by atoms with Gasteiger partial charge in [0, 0.05) is 17.8 Å². The van der Waals surface area contributed by atoms with Crippen LogP contribution < -0.4 is 5.32 Å². The Balaban J connectivity index is 0.000000644. The number of imidazole rings is 1. The van der Waals surface area contributed by atoms with E-state index in [9.17, 15) is 9.90 Å². The predicted octanol–water partition coefficient (Wildman–Crippen LogP) is 4.97. The van der Waals surface area contributed by atoms with Gasteiger partial charge in [0.15, 0.2) is 11.6 Å². The summed E-state index contributed by atoms with van der Waals surface area (Å²) >= 11 is 0. The molecule has 0 fully saturated rings. The average molecular weight is 400 g/mol. The first-order valence-electron chi connectivity index (χ1n) is 10.9. The number of fused-ring (bicyclic) bond motifs is 2. The molecule has 160 valence electrons. The van der Waals surface area contributed by atoms with Gasteiger partial charge in [-0.3, -0.25) is 4.79 Å². The second kappa shape index (κ2) is 11.6. The number of aliphatic hydroxyl groups is 1. The maximum atomic E-state index is 12.7. The van der Waals surface area contributed by atoms with Crippen LogP contribution in [0.15, 0.2) is 35.9 Å². The monoisotopic (exact) mass is 399 g/mol. The number of nitrogens with one attached hydrogen (secondary N) is 1. The number of rotatable bonds is 1. The van der Waals surface area contributed by atoms with Crippen molar-refractivity contribution in [2.45, 2.75) is 80.5 Å². The third kappa shape index (κ3) is 4.78. The van der Waals surface area contributed by atoms with Crippen LogP contribution in [-0.2, 0) is 11.3 Å². The zero-order valence-electron chi connectivity index (χ0n) is 19.2. The summed E-state index contributed by atoms with van der Waals surface area (Å²) in [6.07, 6.45) is -0.427. The predicted molar refractivity (Wildman–Crippen MR) is 121 cm³/mol. The SMILES string of the molecule is CC.CC.CC.Cc1nc2n(c1C)CCC1=C2NC(c2ccccc2)C(O)C1=O. The van der Waals surface area contributed by atoms with E-state index in [2.05, 4.69) is 14.9 Å². The third-order valence-electron chi connectivity index (χ3n) is 4.91. The molecule has 4 rings (SSSR count). The molecule has 2 unspecified atom stereocenters. The number of benzene rings is 1. The van der Waals surface area contributed by atoms with E-state index in [0.717, 1.165) is 35.0 Å². The molecule has 29 heavy (non-hydrogen) atoms. The molecule has 0 bridgehead atoms. The lowest BCUT2D eigenvalue weighted by atomic mass is 9.87. The Labute approximate surface area is 175 Å². The standard InChI is InChI=1S/C18H19N3O2.3C2H6/c1-10-11(2)21-9-8-13-15(18(21)19-10)20-14(17(23)16(13)22)12-6-4-3-5-7-12;3*1-2/h3-7,14,17,20,23H,8-9H2,1-2H3;3*1-2H3. The zero-order chi connectivity index (χ0) is 22.1. The largest absolute Gasteiger partial charge is 0.382 e. The lowest BCUT2D eigenvalue weighted by Gasteiger charge is -2.35. The van der Waals surface area contributed by atoms with E-state index in [1.165, 1.54) is 0 Å². The summed E-state index contributed by atoms with van der Waals surface area (Å²) in [4.78, 5) is 17.3. The molecule has 0 amide bonds. The molecular formula is C24H37N3O2. The van der Waals surface area contributed by atoms with Gasteiger partial charge in [-0.15, -0.1) is 0 Å². The number of hydrogen-bond acceptors (Lipinski definition) is 4. The first kappa shape index (κ1) is 24.6. The van der Waals surface area contributed by atoms with Crippen molar-refractivity contribution in [3.63, 3.8) is 0 Å². The molecule has 1 aromatic carbocycles. The quantitative estimate of drug-likeness (QED) is 0.711. The van der Waals surface area contributed by atoms with Gasteiger partial charge in [-0.25, -0.2) is 4.98 Å². The van der Waals surface area contributed by atoms with Crippen LogP contribution in [0.4, 0.5) is 0 Å². The minimum atomic E-state index is -1.06. The molecule has 2 N–H and O–H groups in total. The molecule has 3 heterocycles. The van der Waals surface area contributed by atoms with Gasteiger partial charge in [-0.1, -0.05) is 71.9 Å². The van der Waals surface area contributed by atoms with Crippen molar-refractivity contribution in [1.29, 1.82) is 0 Å². The van der Waals surface area contributed by atoms with Gasteiger partial charge in [0.05, 0.1) is 17.4 Å². The maximum Gasteiger partial charge on any atom is 0.192 e. The lowest BCUT2D eigenvalue weighted by Crippen LogP contribution is -2.44. The second-order valence-electron chi connectivity index (χ2n) is 6.20. The summed E-state index contributed by atoms with van der Waals surface area (Å²) in [7, 11) is 0. The number of carbonyl (C=O) groups is 1. The molecule has 5 heteroatoms. The number of aliphatic hydroxyl groups excluding tert-OH is 1. The molecule has 1 aromatic heterocycles. The van der Waals surface area contributed by atoms with E-state index >= 15 is 0 Å². The zero-order valence-corrected chi connectivity index (χ0v) is 19.2. The van der Waals surface area contributed by atoms with Crippen LogP contribution in [0.1, 0.15) is 76.8 Å². The lowest BCUT2D eigenvalue weighted by molar-refractivity contribution is -0.125. The molecule has 0 saturated carbocycles. The Kier molecular flexibility index (Phi) is 9.83. The summed E-state index contributed by atoms with van der Waals surface area (Å²) in [5.41, 5.74) is 4.45. The van der Waals surface area contributed by atoms with Crippen molar-refractivity contribution < 1.29 is 9.90 Å². The highest BCUT2D eigenvalue weighted by atomic mass is 16.3.